The highest BCUT2D eigenvalue weighted by Crippen LogP contribution is 2.24. The van der Waals surface area contributed by atoms with Gasteiger partial charge in [0.25, 0.3) is 5.91 Å². The fourth-order valence-electron chi connectivity index (χ4n) is 3.55. The van der Waals surface area contributed by atoms with Gasteiger partial charge in [-0.3, -0.25) is 4.79 Å². The van der Waals surface area contributed by atoms with Gasteiger partial charge in [0.1, 0.15) is 0 Å². The molecule has 1 aliphatic rings. The minimum atomic E-state index is 0.0285. The van der Waals surface area contributed by atoms with E-state index in [1.165, 1.54) is 12.0 Å². The molecule has 2 heterocycles. The van der Waals surface area contributed by atoms with Gasteiger partial charge in [-0.15, -0.1) is 0 Å². The van der Waals surface area contributed by atoms with E-state index < -0.39 is 0 Å². The number of anilines is 2. The van der Waals surface area contributed by atoms with E-state index in [0.717, 1.165) is 36.3 Å². The topological polar surface area (TPSA) is 58.1 Å². The number of amides is 1. The average molecular weight is 338 g/mol. The van der Waals surface area contributed by atoms with Crippen molar-refractivity contribution in [3.63, 3.8) is 0 Å². The second-order valence-electron chi connectivity index (χ2n) is 7.19. The second kappa shape index (κ2) is 7.21. The van der Waals surface area contributed by atoms with E-state index in [2.05, 4.69) is 55.1 Å². The Hall–Kier alpha value is -2.43. The Morgan fingerprint density at radius 1 is 1.16 bits per heavy atom. The second-order valence-corrected chi connectivity index (χ2v) is 7.19. The fourth-order valence-corrected chi connectivity index (χ4v) is 3.55. The number of rotatable bonds is 3. The zero-order valence-electron chi connectivity index (χ0n) is 15.5. The molecule has 0 spiro atoms. The lowest BCUT2D eigenvalue weighted by atomic mass is 10.00. The van der Waals surface area contributed by atoms with Gasteiger partial charge in [-0.05, 0) is 50.7 Å². The van der Waals surface area contributed by atoms with Crippen molar-refractivity contribution in [2.24, 2.45) is 5.92 Å². The van der Waals surface area contributed by atoms with Crippen LogP contribution in [0.25, 0.3) is 0 Å². The lowest BCUT2D eigenvalue weighted by Crippen LogP contribution is -2.39. The van der Waals surface area contributed by atoms with Crippen molar-refractivity contribution in [2.45, 2.75) is 40.5 Å². The first kappa shape index (κ1) is 17.4. The molecule has 0 radical (unpaired) electrons. The van der Waals surface area contributed by atoms with Crippen molar-refractivity contribution in [1.29, 1.82) is 0 Å². The standard InChI is InChI=1S/C20H26N4O/c1-13-6-5-7-24(12-13)19(25)17-10-21-20(22-11-17)23-18-15(3)8-14(2)9-16(18)4/h8-11,13H,5-7,12H2,1-4H3,(H,21,22,23). The molecular formula is C20H26N4O. The number of benzene rings is 1. The van der Waals surface area contributed by atoms with Gasteiger partial charge in [0.05, 0.1) is 5.56 Å². The van der Waals surface area contributed by atoms with Gasteiger partial charge >= 0.3 is 0 Å². The summed E-state index contributed by atoms with van der Waals surface area (Å²) in [5.41, 5.74) is 5.12. The van der Waals surface area contributed by atoms with E-state index in [0.29, 0.717) is 17.4 Å². The van der Waals surface area contributed by atoms with Crippen LogP contribution in [0.15, 0.2) is 24.5 Å². The van der Waals surface area contributed by atoms with Crippen molar-refractivity contribution >= 4 is 17.5 Å². The molecule has 0 saturated carbocycles. The minimum Gasteiger partial charge on any atom is -0.338 e. The minimum absolute atomic E-state index is 0.0285. The molecule has 5 heteroatoms. The molecule has 0 aliphatic carbocycles. The lowest BCUT2D eigenvalue weighted by Gasteiger charge is -2.30. The average Bonchev–Trinajstić information content (AvgIpc) is 2.58. The number of aromatic nitrogens is 2. The van der Waals surface area contributed by atoms with Crippen LogP contribution < -0.4 is 5.32 Å². The first-order valence-corrected chi connectivity index (χ1v) is 8.90. The molecule has 1 amide bonds. The van der Waals surface area contributed by atoms with Gasteiger partial charge < -0.3 is 10.2 Å². The van der Waals surface area contributed by atoms with Crippen LogP contribution in [-0.2, 0) is 0 Å². The van der Waals surface area contributed by atoms with Crippen LogP contribution in [0, 0.1) is 26.7 Å². The Labute approximate surface area is 149 Å². The number of aryl methyl sites for hydroxylation is 3. The van der Waals surface area contributed by atoms with Crippen LogP contribution in [0.2, 0.25) is 0 Å². The van der Waals surface area contributed by atoms with Crippen molar-refractivity contribution in [2.75, 3.05) is 18.4 Å². The molecule has 1 N–H and O–H groups in total. The number of nitrogens with one attached hydrogen (secondary N) is 1. The van der Waals surface area contributed by atoms with Gasteiger partial charge in [-0.25, -0.2) is 9.97 Å². The van der Waals surface area contributed by atoms with Crippen LogP contribution >= 0.6 is 0 Å². The maximum Gasteiger partial charge on any atom is 0.257 e. The van der Waals surface area contributed by atoms with Crippen molar-refractivity contribution < 1.29 is 4.79 Å². The summed E-state index contributed by atoms with van der Waals surface area (Å²) in [5.74, 6) is 1.10. The summed E-state index contributed by atoms with van der Waals surface area (Å²) in [6, 6.07) is 4.26. The normalized spacial score (nSPS) is 17.4. The smallest absolute Gasteiger partial charge is 0.257 e. The number of carbonyl (C=O) groups is 1. The van der Waals surface area contributed by atoms with Gasteiger partial charge in [-0.2, -0.15) is 0 Å². The fraction of sp³-hybridized carbons (Fsp3) is 0.450. The van der Waals surface area contributed by atoms with E-state index in [1.54, 1.807) is 12.4 Å². The van der Waals surface area contributed by atoms with Crippen molar-refractivity contribution in [1.82, 2.24) is 14.9 Å². The highest BCUT2D eigenvalue weighted by molar-refractivity contribution is 5.93. The lowest BCUT2D eigenvalue weighted by molar-refractivity contribution is 0.0682. The first-order valence-electron chi connectivity index (χ1n) is 8.90. The molecule has 25 heavy (non-hydrogen) atoms. The Balaban J connectivity index is 1.73. The number of hydrogen-bond donors (Lipinski definition) is 1. The van der Waals surface area contributed by atoms with Crippen LogP contribution in [0.4, 0.5) is 11.6 Å². The van der Waals surface area contributed by atoms with Gasteiger partial charge in [0.15, 0.2) is 0 Å². The van der Waals surface area contributed by atoms with E-state index in [1.807, 2.05) is 4.90 Å². The number of piperidine rings is 1. The molecule has 1 aliphatic heterocycles. The number of carbonyl (C=O) groups excluding carboxylic acids is 1. The number of likely N-dealkylation sites (tertiary alicyclic amines) is 1. The molecule has 1 aromatic heterocycles. The van der Waals surface area contributed by atoms with Crippen LogP contribution in [0.1, 0.15) is 46.8 Å². The highest BCUT2D eigenvalue weighted by Gasteiger charge is 2.22. The van der Waals surface area contributed by atoms with E-state index in [-0.39, 0.29) is 5.91 Å². The molecule has 1 saturated heterocycles. The largest absolute Gasteiger partial charge is 0.338 e. The molecule has 1 unspecified atom stereocenters. The summed E-state index contributed by atoms with van der Waals surface area (Å²) in [7, 11) is 0. The molecule has 2 aromatic rings. The van der Waals surface area contributed by atoms with E-state index in [9.17, 15) is 4.79 Å². The van der Waals surface area contributed by atoms with Crippen molar-refractivity contribution in [3.05, 3.63) is 46.8 Å². The molecule has 1 fully saturated rings. The predicted octanol–water partition coefficient (Wildman–Crippen LogP) is 4.02. The Morgan fingerprint density at radius 3 is 2.40 bits per heavy atom. The number of hydrogen-bond acceptors (Lipinski definition) is 4. The van der Waals surface area contributed by atoms with Crippen molar-refractivity contribution in [3.8, 4) is 0 Å². The first-order chi connectivity index (χ1) is 11.9. The quantitative estimate of drug-likeness (QED) is 0.918. The molecular weight excluding hydrogens is 312 g/mol. The zero-order chi connectivity index (χ0) is 18.0. The van der Waals surface area contributed by atoms with Gasteiger partial charge in [0, 0.05) is 31.2 Å². The van der Waals surface area contributed by atoms with Crippen LogP contribution in [-0.4, -0.2) is 33.9 Å². The van der Waals surface area contributed by atoms with Crippen LogP contribution in [0.5, 0.6) is 0 Å². The Kier molecular flexibility index (Phi) is 5.02. The summed E-state index contributed by atoms with van der Waals surface area (Å²) >= 11 is 0. The SMILES string of the molecule is Cc1cc(C)c(Nc2ncc(C(=O)N3CCCC(C)C3)cn2)c(C)c1. The highest BCUT2D eigenvalue weighted by atomic mass is 16.2. The summed E-state index contributed by atoms with van der Waals surface area (Å²) in [6.45, 7) is 10.1. The summed E-state index contributed by atoms with van der Waals surface area (Å²) in [4.78, 5) is 23.2. The molecule has 1 atom stereocenters. The van der Waals surface area contributed by atoms with Crippen LogP contribution in [0.3, 0.4) is 0 Å². The molecule has 5 nitrogen and oxygen atoms in total. The summed E-state index contributed by atoms with van der Waals surface area (Å²) in [6.07, 6.45) is 5.50. The molecule has 3 rings (SSSR count). The van der Waals surface area contributed by atoms with Gasteiger partial charge in [-0.1, -0.05) is 24.6 Å². The zero-order valence-corrected chi connectivity index (χ0v) is 15.5. The molecule has 132 valence electrons. The third-order valence-corrected chi connectivity index (χ3v) is 4.76. The maximum absolute atomic E-state index is 12.6. The Bertz CT molecular complexity index is 747. The predicted molar refractivity (Wildman–Crippen MR) is 100 cm³/mol. The summed E-state index contributed by atoms with van der Waals surface area (Å²) < 4.78 is 0. The maximum atomic E-state index is 12.6. The molecule has 1 aromatic carbocycles. The summed E-state index contributed by atoms with van der Waals surface area (Å²) in [5, 5.41) is 3.27. The van der Waals surface area contributed by atoms with E-state index >= 15 is 0 Å². The third kappa shape index (κ3) is 3.98. The third-order valence-electron chi connectivity index (χ3n) is 4.76. The van der Waals surface area contributed by atoms with Gasteiger partial charge in [0.2, 0.25) is 5.95 Å². The van der Waals surface area contributed by atoms with E-state index in [4.69, 9.17) is 0 Å². The Morgan fingerprint density at radius 2 is 1.80 bits per heavy atom. The molecule has 0 bridgehead atoms. The number of nitrogens with zero attached hydrogens (tertiary/aromatic N) is 3. The monoisotopic (exact) mass is 338 g/mol.